The number of hydrogen-bond donors (Lipinski definition) is 2. The van der Waals surface area contributed by atoms with Crippen LogP contribution in [0.15, 0.2) is 47.3 Å². The van der Waals surface area contributed by atoms with Gasteiger partial charge in [0.15, 0.2) is 0 Å². The minimum Gasteiger partial charge on any atom is -0.333 e. The van der Waals surface area contributed by atoms with Crippen molar-refractivity contribution in [1.29, 1.82) is 0 Å². The molecule has 3 rings (SSSR count). The Bertz CT molecular complexity index is 971. The zero-order chi connectivity index (χ0) is 18.7. The van der Waals surface area contributed by atoms with Crippen molar-refractivity contribution in [1.82, 2.24) is 15.0 Å². The molecule has 0 atom stereocenters. The zero-order valence-corrected chi connectivity index (χ0v) is 15.9. The Labute approximate surface area is 165 Å². The highest BCUT2D eigenvalue weighted by Crippen LogP contribution is 2.36. The molecule has 0 saturated heterocycles. The number of nitrogens with one attached hydrogen (secondary N) is 2. The second-order valence-electron chi connectivity index (χ2n) is 4.89. The first-order valence-corrected chi connectivity index (χ1v) is 8.59. The van der Waals surface area contributed by atoms with Gasteiger partial charge in [0, 0.05) is 10.7 Å². The Morgan fingerprint density at radius 2 is 1.77 bits per heavy atom. The summed E-state index contributed by atoms with van der Waals surface area (Å²) in [6, 6.07) is 8.29. The van der Waals surface area contributed by atoms with Crippen LogP contribution in [-0.2, 0) is 0 Å². The highest BCUT2D eigenvalue weighted by Gasteiger charge is 2.24. The van der Waals surface area contributed by atoms with E-state index in [0.717, 1.165) is 4.47 Å². The lowest BCUT2D eigenvalue weighted by atomic mass is 10.3. The van der Waals surface area contributed by atoms with Crippen LogP contribution >= 0.6 is 39.1 Å². The van der Waals surface area contributed by atoms with Crippen LogP contribution in [0.3, 0.4) is 0 Å². The van der Waals surface area contributed by atoms with Gasteiger partial charge in [-0.05, 0) is 40.2 Å². The molecular weight excluding hydrogens is 447 g/mol. The summed E-state index contributed by atoms with van der Waals surface area (Å²) < 4.78 is 0.776. The average Bonchev–Trinajstić information content (AvgIpc) is 2.61. The van der Waals surface area contributed by atoms with Crippen molar-refractivity contribution in [2.45, 2.75) is 0 Å². The fourth-order valence-electron chi connectivity index (χ4n) is 2.03. The number of nitrogens with zero attached hydrogens (tertiary/aromatic N) is 4. The molecule has 1 aromatic carbocycles. The molecule has 0 aliphatic heterocycles. The summed E-state index contributed by atoms with van der Waals surface area (Å²) in [6.45, 7) is 0. The SMILES string of the molecule is O=[N+]([O-])c1c(Nc2ccc(Br)cn2)ncnc1Nc1cccc(Cl)c1Cl. The van der Waals surface area contributed by atoms with Gasteiger partial charge in [0.05, 0.1) is 20.7 Å². The molecule has 0 amide bonds. The van der Waals surface area contributed by atoms with Gasteiger partial charge in [-0.3, -0.25) is 10.1 Å². The van der Waals surface area contributed by atoms with Crippen LogP contribution in [0.1, 0.15) is 0 Å². The quantitative estimate of drug-likeness (QED) is 0.395. The van der Waals surface area contributed by atoms with E-state index in [-0.39, 0.29) is 22.3 Å². The van der Waals surface area contributed by atoms with Gasteiger partial charge in [-0.2, -0.15) is 0 Å². The second-order valence-corrected chi connectivity index (χ2v) is 6.59. The lowest BCUT2D eigenvalue weighted by molar-refractivity contribution is -0.383. The highest BCUT2D eigenvalue weighted by molar-refractivity contribution is 9.10. The molecular formula is C15H9BrCl2N6O2. The van der Waals surface area contributed by atoms with Crippen LogP contribution in [0.5, 0.6) is 0 Å². The van der Waals surface area contributed by atoms with Crippen LogP contribution in [0.25, 0.3) is 0 Å². The summed E-state index contributed by atoms with van der Waals surface area (Å²) in [5, 5.41) is 17.8. The van der Waals surface area contributed by atoms with Crippen molar-refractivity contribution in [3.63, 3.8) is 0 Å². The summed E-state index contributed by atoms with van der Waals surface area (Å²) >= 11 is 15.4. The van der Waals surface area contributed by atoms with Crippen LogP contribution in [-0.4, -0.2) is 19.9 Å². The van der Waals surface area contributed by atoms with Crippen molar-refractivity contribution in [3.8, 4) is 0 Å². The van der Waals surface area contributed by atoms with Crippen LogP contribution in [0, 0.1) is 10.1 Å². The van der Waals surface area contributed by atoms with E-state index >= 15 is 0 Å². The molecule has 11 heteroatoms. The molecule has 0 spiro atoms. The number of benzene rings is 1. The number of anilines is 4. The minimum absolute atomic E-state index is 0.0135. The number of rotatable bonds is 5. The van der Waals surface area contributed by atoms with Gasteiger partial charge in [0.2, 0.25) is 11.6 Å². The van der Waals surface area contributed by atoms with Crippen molar-refractivity contribution in [2.24, 2.45) is 0 Å². The first kappa shape index (κ1) is 18.3. The van der Waals surface area contributed by atoms with Crippen LogP contribution < -0.4 is 10.6 Å². The Hall–Kier alpha value is -2.49. The van der Waals surface area contributed by atoms with E-state index in [1.54, 1.807) is 36.5 Å². The molecule has 2 N–H and O–H groups in total. The maximum absolute atomic E-state index is 11.6. The normalized spacial score (nSPS) is 10.4. The Morgan fingerprint density at radius 3 is 2.42 bits per heavy atom. The molecule has 0 saturated carbocycles. The number of pyridine rings is 1. The molecule has 0 unspecified atom stereocenters. The summed E-state index contributed by atoms with van der Waals surface area (Å²) in [6.07, 6.45) is 2.75. The maximum atomic E-state index is 11.6. The molecule has 0 aliphatic carbocycles. The summed E-state index contributed by atoms with van der Waals surface area (Å²) in [5.41, 5.74) is 0.0296. The summed E-state index contributed by atoms with van der Waals surface area (Å²) in [7, 11) is 0. The standard InChI is InChI=1S/C15H9BrCl2N6O2/c16-8-4-5-11(19-6-8)23-15-13(24(25)26)14(20-7-21-15)22-10-3-1-2-9(17)12(10)18/h1-7H,(H2,19,20,21,22,23). The molecule has 3 aromatic rings. The minimum atomic E-state index is -0.595. The van der Waals surface area contributed by atoms with Gasteiger partial charge in [0.1, 0.15) is 12.1 Å². The Balaban J connectivity index is 1.99. The molecule has 0 fully saturated rings. The van der Waals surface area contributed by atoms with E-state index in [1.807, 2.05) is 0 Å². The van der Waals surface area contributed by atoms with Gasteiger partial charge in [-0.15, -0.1) is 0 Å². The smallest absolute Gasteiger partial charge is 0.333 e. The number of aromatic nitrogens is 3. The van der Waals surface area contributed by atoms with E-state index in [0.29, 0.717) is 16.5 Å². The summed E-state index contributed by atoms with van der Waals surface area (Å²) in [5.74, 6) is 0.344. The van der Waals surface area contributed by atoms with E-state index < -0.39 is 4.92 Å². The van der Waals surface area contributed by atoms with Crippen molar-refractivity contribution < 1.29 is 4.92 Å². The third-order valence-electron chi connectivity index (χ3n) is 3.18. The fraction of sp³-hybridized carbons (Fsp3) is 0. The molecule has 26 heavy (non-hydrogen) atoms. The van der Waals surface area contributed by atoms with Crippen LogP contribution in [0.4, 0.5) is 28.8 Å². The van der Waals surface area contributed by atoms with Gasteiger partial charge in [-0.25, -0.2) is 15.0 Å². The molecule has 132 valence electrons. The number of nitro groups is 1. The Kier molecular flexibility index (Phi) is 5.50. The summed E-state index contributed by atoms with van der Waals surface area (Å²) in [4.78, 5) is 23.0. The van der Waals surface area contributed by atoms with Crippen molar-refractivity contribution in [3.05, 3.63) is 67.5 Å². The monoisotopic (exact) mass is 454 g/mol. The van der Waals surface area contributed by atoms with Gasteiger partial charge >= 0.3 is 5.69 Å². The molecule has 0 bridgehead atoms. The second kappa shape index (κ2) is 7.81. The largest absolute Gasteiger partial charge is 0.353 e. The van der Waals surface area contributed by atoms with E-state index in [9.17, 15) is 10.1 Å². The maximum Gasteiger partial charge on any atom is 0.353 e. The third kappa shape index (κ3) is 4.01. The van der Waals surface area contributed by atoms with Crippen molar-refractivity contribution in [2.75, 3.05) is 10.6 Å². The topological polar surface area (TPSA) is 106 Å². The van der Waals surface area contributed by atoms with Crippen LogP contribution in [0.2, 0.25) is 10.0 Å². The average molecular weight is 456 g/mol. The molecule has 0 radical (unpaired) electrons. The lowest BCUT2D eigenvalue weighted by Gasteiger charge is -2.11. The highest BCUT2D eigenvalue weighted by atomic mass is 79.9. The lowest BCUT2D eigenvalue weighted by Crippen LogP contribution is -2.06. The van der Waals surface area contributed by atoms with E-state index in [2.05, 4.69) is 41.5 Å². The van der Waals surface area contributed by atoms with Gasteiger partial charge in [-0.1, -0.05) is 29.3 Å². The van der Waals surface area contributed by atoms with Gasteiger partial charge in [0.25, 0.3) is 0 Å². The predicted octanol–water partition coefficient (Wildman–Crippen LogP) is 5.34. The molecule has 2 aromatic heterocycles. The molecule has 0 aliphatic rings. The van der Waals surface area contributed by atoms with Gasteiger partial charge < -0.3 is 10.6 Å². The predicted molar refractivity (Wildman–Crippen MR) is 104 cm³/mol. The fourth-order valence-corrected chi connectivity index (χ4v) is 2.62. The molecule has 2 heterocycles. The molecule has 8 nitrogen and oxygen atoms in total. The van der Waals surface area contributed by atoms with E-state index in [1.165, 1.54) is 6.33 Å². The third-order valence-corrected chi connectivity index (χ3v) is 4.47. The first-order chi connectivity index (χ1) is 12.5. The van der Waals surface area contributed by atoms with Crippen molar-refractivity contribution >= 4 is 68.0 Å². The zero-order valence-electron chi connectivity index (χ0n) is 12.8. The first-order valence-electron chi connectivity index (χ1n) is 7.04. The van der Waals surface area contributed by atoms with E-state index in [4.69, 9.17) is 23.2 Å². The Morgan fingerprint density at radius 1 is 1.04 bits per heavy atom. The number of hydrogen-bond acceptors (Lipinski definition) is 7. The number of halogens is 3.